The summed E-state index contributed by atoms with van der Waals surface area (Å²) < 4.78 is 13.4. The van der Waals surface area contributed by atoms with E-state index in [0.29, 0.717) is 5.92 Å². The van der Waals surface area contributed by atoms with Crippen molar-refractivity contribution < 1.29 is 4.39 Å². The molecule has 0 unspecified atom stereocenters. The molecule has 162 valence electrons. The van der Waals surface area contributed by atoms with Crippen LogP contribution in [0, 0.1) is 17.7 Å². The standard InChI is InChI=1S/C28H39FSi/c1-2-3-6-19-30-20-17-23(18-21-30)22-9-11-24(12-10-22)27-7-4-5-8-28(27)25-13-15-26(29)16-14-25/h4-5,7-8,13-16,22-24,30H,2-3,6,9-12,17-21H2,1H3/t22-,23?,24-,30?. The minimum absolute atomic E-state index is 0.153. The fourth-order valence-corrected chi connectivity index (χ4v) is 9.81. The first-order valence-electron chi connectivity index (χ1n) is 12.6. The maximum atomic E-state index is 13.4. The number of halogens is 1. The lowest BCUT2D eigenvalue weighted by Gasteiger charge is -2.38. The summed E-state index contributed by atoms with van der Waals surface area (Å²) in [7, 11) is -0.384. The summed E-state index contributed by atoms with van der Waals surface area (Å²) in [5, 5.41) is 0. The highest BCUT2D eigenvalue weighted by Crippen LogP contribution is 2.45. The maximum Gasteiger partial charge on any atom is 0.123 e. The highest BCUT2D eigenvalue weighted by molar-refractivity contribution is 6.58. The predicted octanol–water partition coefficient (Wildman–Crippen LogP) is 8.59. The van der Waals surface area contributed by atoms with E-state index >= 15 is 0 Å². The van der Waals surface area contributed by atoms with Crippen LogP contribution in [0.5, 0.6) is 0 Å². The van der Waals surface area contributed by atoms with Crippen LogP contribution in [0.3, 0.4) is 0 Å². The molecule has 1 saturated carbocycles. The van der Waals surface area contributed by atoms with Gasteiger partial charge >= 0.3 is 0 Å². The van der Waals surface area contributed by atoms with E-state index in [-0.39, 0.29) is 14.6 Å². The lowest BCUT2D eigenvalue weighted by Crippen LogP contribution is -2.28. The van der Waals surface area contributed by atoms with Crippen molar-refractivity contribution in [2.24, 2.45) is 11.8 Å². The summed E-state index contributed by atoms with van der Waals surface area (Å²) in [6, 6.07) is 20.8. The Bertz CT molecular complexity index is 767. The quantitative estimate of drug-likeness (QED) is 0.309. The molecule has 2 fully saturated rings. The van der Waals surface area contributed by atoms with E-state index in [0.717, 1.165) is 17.4 Å². The Morgan fingerprint density at radius 1 is 0.800 bits per heavy atom. The molecule has 2 aliphatic rings. The molecule has 0 aromatic heterocycles. The van der Waals surface area contributed by atoms with Crippen LogP contribution in [0.15, 0.2) is 48.5 Å². The van der Waals surface area contributed by atoms with Gasteiger partial charge in [-0.15, -0.1) is 0 Å². The molecule has 1 aliphatic carbocycles. The molecule has 2 aromatic carbocycles. The van der Waals surface area contributed by atoms with E-state index in [9.17, 15) is 4.39 Å². The molecule has 4 rings (SSSR count). The van der Waals surface area contributed by atoms with Gasteiger partial charge in [0.05, 0.1) is 0 Å². The molecule has 30 heavy (non-hydrogen) atoms. The van der Waals surface area contributed by atoms with Gasteiger partial charge in [-0.1, -0.05) is 93.6 Å². The van der Waals surface area contributed by atoms with Gasteiger partial charge in [-0.25, -0.2) is 4.39 Å². The van der Waals surface area contributed by atoms with Crippen molar-refractivity contribution >= 4 is 8.80 Å². The van der Waals surface area contributed by atoms with Gasteiger partial charge in [0, 0.05) is 8.80 Å². The van der Waals surface area contributed by atoms with Crippen molar-refractivity contribution in [3.8, 4) is 11.1 Å². The van der Waals surface area contributed by atoms with E-state index in [2.05, 4.69) is 31.2 Å². The zero-order valence-electron chi connectivity index (χ0n) is 18.8. The van der Waals surface area contributed by atoms with Gasteiger partial charge in [-0.3, -0.25) is 0 Å². The third kappa shape index (κ3) is 5.44. The molecule has 2 aromatic rings. The lowest BCUT2D eigenvalue weighted by atomic mass is 9.71. The molecule has 1 aliphatic heterocycles. The number of benzene rings is 2. The first-order valence-corrected chi connectivity index (χ1v) is 15.0. The second-order valence-electron chi connectivity index (χ2n) is 9.98. The molecule has 1 saturated heterocycles. The summed E-state index contributed by atoms with van der Waals surface area (Å²) in [6.07, 6.45) is 12.9. The van der Waals surface area contributed by atoms with Crippen LogP contribution >= 0.6 is 0 Å². The molecule has 1 heterocycles. The summed E-state index contributed by atoms with van der Waals surface area (Å²) in [5.74, 6) is 2.51. The molecule has 0 amide bonds. The monoisotopic (exact) mass is 422 g/mol. The fraction of sp³-hybridized carbons (Fsp3) is 0.571. The van der Waals surface area contributed by atoms with E-state index in [1.54, 1.807) is 43.1 Å². The van der Waals surface area contributed by atoms with E-state index in [4.69, 9.17) is 0 Å². The van der Waals surface area contributed by atoms with E-state index in [1.165, 1.54) is 56.1 Å². The molecule has 0 nitrogen and oxygen atoms in total. The highest BCUT2D eigenvalue weighted by atomic mass is 28.3. The van der Waals surface area contributed by atoms with Gasteiger partial charge in [0.15, 0.2) is 0 Å². The summed E-state index contributed by atoms with van der Waals surface area (Å²) in [6.45, 7) is 2.33. The molecule has 0 N–H and O–H groups in total. The smallest absolute Gasteiger partial charge is 0.123 e. The van der Waals surface area contributed by atoms with Crippen LogP contribution in [0.25, 0.3) is 11.1 Å². The topological polar surface area (TPSA) is 0 Å². The van der Waals surface area contributed by atoms with Gasteiger partial charge < -0.3 is 0 Å². The molecular weight excluding hydrogens is 383 g/mol. The number of rotatable bonds is 7. The fourth-order valence-electron chi connectivity index (χ4n) is 6.28. The predicted molar refractivity (Wildman–Crippen MR) is 130 cm³/mol. The highest BCUT2D eigenvalue weighted by Gasteiger charge is 2.32. The molecule has 0 bridgehead atoms. The molecule has 0 radical (unpaired) electrons. The Kier molecular flexibility index (Phi) is 7.81. The zero-order valence-corrected chi connectivity index (χ0v) is 19.9. The van der Waals surface area contributed by atoms with Crippen molar-refractivity contribution in [3.05, 3.63) is 59.9 Å². The second-order valence-corrected chi connectivity index (χ2v) is 13.4. The number of unbranched alkanes of at least 4 members (excludes halogenated alkanes) is 2. The van der Waals surface area contributed by atoms with Crippen molar-refractivity contribution in [3.63, 3.8) is 0 Å². The Morgan fingerprint density at radius 2 is 1.47 bits per heavy atom. The third-order valence-corrected chi connectivity index (χ3v) is 11.6. The Labute approximate surface area is 184 Å². The number of hydrogen-bond donors (Lipinski definition) is 0. The zero-order chi connectivity index (χ0) is 20.8. The van der Waals surface area contributed by atoms with Crippen LogP contribution in [0.4, 0.5) is 4.39 Å². The van der Waals surface area contributed by atoms with Crippen molar-refractivity contribution in [2.45, 2.75) is 88.8 Å². The largest absolute Gasteiger partial charge is 0.207 e. The van der Waals surface area contributed by atoms with Gasteiger partial charge in [0.2, 0.25) is 0 Å². The Hall–Kier alpha value is -1.41. The van der Waals surface area contributed by atoms with Crippen LogP contribution in [-0.2, 0) is 0 Å². The van der Waals surface area contributed by atoms with Crippen LogP contribution in [-0.4, -0.2) is 8.80 Å². The van der Waals surface area contributed by atoms with E-state index < -0.39 is 0 Å². The van der Waals surface area contributed by atoms with Gasteiger partial charge in [0.25, 0.3) is 0 Å². The molecule has 2 heteroatoms. The lowest BCUT2D eigenvalue weighted by molar-refractivity contribution is 0.216. The van der Waals surface area contributed by atoms with E-state index in [1.807, 2.05) is 12.1 Å². The first-order chi connectivity index (χ1) is 14.7. The first kappa shape index (κ1) is 21.8. The molecule has 0 atom stereocenters. The van der Waals surface area contributed by atoms with Crippen molar-refractivity contribution in [2.75, 3.05) is 0 Å². The average Bonchev–Trinajstić information content (AvgIpc) is 2.80. The molecular formula is C28H39FSi. The maximum absolute atomic E-state index is 13.4. The second kappa shape index (κ2) is 10.8. The Morgan fingerprint density at radius 3 is 2.17 bits per heavy atom. The molecule has 0 spiro atoms. The normalized spacial score (nSPS) is 27.1. The minimum atomic E-state index is -0.384. The SMILES string of the molecule is CCCCC[SiH]1CCC([C@H]2CC[C@H](c3ccccc3-c3ccc(F)cc3)CC2)CC1. The van der Waals surface area contributed by atoms with Gasteiger partial charge in [-0.2, -0.15) is 0 Å². The van der Waals surface area contributed by atoms with Crippen molar-refractivity contribution in [1.82, 2.24) is 0 Å². The average molecular weight is 423 g/mol. The minimum Gasteiger partial charge on any atom is -0.207 e. The summed E-state index contributed by atoms with van der Waals surface area (Å²) in [5.41, 5.74) is 3.94. The third-order valence-electron chi connectivity index (χ3n) is 8.10. The Balaban J connectivity index is 1.32. The summed E-state index contributed by atoms with van der Waals surface area (Å²) in [4.78, 5) is 0. The summed E-state index contributed by atoms with van der Waals surface area (Å²) >= 11 is 0. The van der Waals surface area contributed by atoms with Gasteiger partial charge in [0.1, 0.15) is 5.82 Å². The van der Waals surface area contributed by atoms with Crippen LogP contribution in [0.2, 0.25) is 18.1 Å². The van der Waals surface area contributed by atoms with Crippen LogP contribution < -0.4 is 0 Å². The van der Waals surface area contributed by atoms with Crippen molar-refractivity contribution in [1.29, 1.82) is 0 Å². The number of hydrogen-bond acceptors (Lipinski definition) is 0. The van der Waals surface area contributed by atoms with Gasteiger partial charge in [-0.05, 0) is 72.3 Å². The van der Waals surface area contributed by atoms with Crippen LogP contribution in [0.1, 0.15) is 76.2 Å².